The van der Waals surface area contributed by atoms with Gasteiger partial charge in [-0.05, 0) is 42.8 Å². The maximum Gasteiger partial charge on any atom is 0.337 e. The fourth-order valence-corrected chi connectivity index (χ4v) is 2.88. The van der Waals surface area contributed by atoms with Crippen molar-refractivity contribution in [1.29, 1.82) is 0 Å². The summed E-state index contributed by atoms with van der Waals surface area (Å²) in [5, 5.41) is 6.55. The Morgan fingerprint density at radius 3 is 2.74 bits per heavy atom. The Morgan fingerprint density at radius 2 is 1.96 bits per heavy atom. The predicted molar refractivity (Wildman–Crippen MR) is 99.4 cm³/mol. The number of carbonyl (C=O) groups is 1. The van der Waals surface area contributed by atoms with Gasteiger partial charge in [0, 0.05) is 17.2 Å². The molecule has 4 rings (SSSR count). The minimum atomic E-state index is -0.421. The van der Waals surface area contributed by atoms with Gasteiger partial charge >= 0.3 is 5.97 Å². The summed E-state index contributed by atoms with van der Waals surface area (Å²) in [5.74, 6) is -0.0195. The van der Waals surface area contributed by atoms with E-state index in [1.165, 1.54) is 13.2 Å². The van der Waals surface area contributed by atoms with Gasteiger partial charge in [-0.25, -0.2) is 14.9 Å². The molecule has 0 fully saturated rings. The number of aromatic amines is 1. The van der Waals surface area contributed by atoms with Crippen LogP contribution in [0, 0.1) is 6.92 Å². The lowest BCUT2D eigenvalue weighted by Crippen LogP contribution is -2.08. The number of carbonyl (C=O) groups excluding carboxylic acids is 1. The second kappa shape index (κ2) is 6.53. The summed E-state index contributed by atoms with van der Waals surface area (Å²) >= 11 is 0. The molecule has 0 unspecified atom stereocenters. The monoisotopic (exact) mass is 361 g/mol. The summed E-state index contributed by atoms with van der Waals surface area (Å²) in [4.78, 5) is 27.6. The number of hydrogen-bond donors (Lipinski definition) is 1. The average molecular weight is 361 g/mol. The van der Waals surface area contributed by atoms with Gasteiger partial charge < -0.3 is 9.15 Å². The smallest absolute Gasteiger partial charge is 0.337 e. The van der Waals surface area contributed by atoms with E-state index in [0.717, 1.165) is 11.1 Å². The number of nitrogens with one attached hydrogen (secondary N) is 1. The molecule has 0 aliphatic carbocycles. The normalized spacial score (nSPS) is 10.9. The number of esters is 1. The number of benzene rings is 2. The molecule has 134 valence electrons. The van der Waals surface area contributed by atoms with Crippen molar-refractivity contribution in [3.8, 4) is 22.7 Å². The van der Waals surface area contributed by atoms with E-state index in [4.69, 9.17) is 9.15 Å². The highest BCUT2D eigenvalue weighted by atomic mass is 16.5. The van der Waals surface area contributed by atoms with Crippen LogP contribution in [0.2, 0.25) is 0 Å². The minimum absolute atomic E-state index is 0.246. The largest absolute Gasteiger partial charge is 0.465 e. The zero-order valence-electron chi connectivity index (χ0n) is 14.6. The SMILES string of the molecule is COC(=O)c1cccc(-c2nc3ccc(-c4n[nH]c(=O)cc4C)cc3o2)c1. The van der Waals surface area contributed by atoms with Gasteiger partial charge in [-0.3, -0.25) is 4.79 Å². The van der Waals surface area contributed by atoms with Crippen molar-refractivity contribution in [1.82, 2.24) is 15.2 Å². The standard InChI is InChI=1S/C20H15N3O4/c1-11-8-17(24)22-23-18(11)12-6-7-15-16(10-12)27-19(21-15)13-4-3-5-14(9-13)20(25)26-2/h3-10H,1-2H3,(H,22,24). The molecule has 27 heavy (non-hydrogen) atoms. The van der Waals surface area contributed by atoms with Gasteiger partial charge in [0.15, 0.2) is 5.58 Å². The van der Waals surface area contributed by atoms with Crippen LogP contribution in [-0.2, 0) is 4.74 Å². The fraction of sp³-hybridized carbons (Fsp3) is 0.100. The van der Waals surface area contributed by atoms with Crippen LogP contribution in [0.1, 0.15) is 15.9 Å². The van der Waals surface area contributed by atoms with Crippen LogP contribution < -0.4 is 5.56 Å². The van der Waals surface area contributed by atoms with Crippen LogP contribution in [0.5, 0.6) is 0 Å². The van der Waals surface area contributed by atoms with Gasteiger partial charge in [0.2, 0.25) is 5.89 Å². The van der Waals surface area contributed by atoms with Crippen molar-refractivity contribution in [3.63, 3.8) is 0 Å². The molecule has 7 nitrogen and oxygen atoms in total. The molecular weight excluding hydrogens is 346 g/mol. The van der Waals surface area contributed by atoms with Gasteiger partial charge in [-0.2, -0.15) is 5.10 Å². The Hall–Kier alpha value is -3.74. The number of fused-ring (bicyclic) bond motifs is 1. The van der Waals surface area contributed by atoms with E-state index in [1.807, 2.05) is 31.2 Å². The Morgan fingerprint density at radius 1 is 1.11 bits per heavy atom. The van der Waals surface area contributed by atoms with Crippen molar-refractivity contribution in [2.45, 2.75) is 6.92 Å². The topological polar surface area (TPSA) is 98.1 Å². The van der Waals surface area contributed by atoms with E-state index in [2.05, 4.69) is 15.2 Å². The first-order chi connectivity index (χ1) is 13.0. The molecule has 2 heterocycles. The molecule has 7 heteroatoms. The second-order valence-electron chi connectivity index (χ2n) is 6.04. The highest BCUT2D eigenvalue weighted by molar-refractivity contribution is 5.91. The summed E-state index contributed by atoms with van der Waals surface area (Å²) in [6, 6.07) is 13.9. The minimum Gasteiger partial charge on any atom is -0.465 e. The highest BCUT2D eigenvalue weighted by Crippen LogP contribution is 2.29. The first-order valence-electron chi connectivity index (χ1n) is 8.21. The van der Waals surface area contributed by atoms with Gasteiger partial charge in [0.1, 0.15) is 5.52 Å². The number of rotatable bonds is 3. The first kappa shape index (κ1) is 16.7. The summed E-state index contributed by atoms with van der Waals surface area (Å²) in [7, 11) is 1.34. The van der Waals surface area contributed by atoms with Crippen LogP contribution in [-0.4, -0.2) is 28.3 Å². The molecule has 2 aromatic heterocycles. The van der Waals surface area contributed by atoms with E-state index >= 15 is 0 Å². The third-order valence-corrected chi connectivity index (χ3v) is 4.19. The van der Waals surface area contributed by atoms with Crippen molar-refractivity contribution in [2.75, 3.05) is 7.11 Å². The van der Waals surface area contributed by atoms with Crippen molar-refractivity contribution < 1.29 is 13.9 Å². The second-order valence-corrected chi connectivity index (χ2v) is 6.04. The summed E-state index contributed by atoms with van der Waals surface area (Å²) in [6.07, 6.45) is 0. The van der Waals surface area contributed by atoms with E-state index in [0.29, 0.717) is 33.8 Å². The van der Waals surface area contributed by atoms with E-state index < -0.39 is 5.97 Å². The van der Waals surface area contributed by atoms with Gasteiger partial charge in [0.05, 0.1) is 18.4 Å². The molecule has 0 aliphatic heterocycles. The summed E-state index contributed by atoms with van der Waals surface area (Å²) in [6.45, 7) is 1.83. The Balaban J connectivity index is 1.77. The van der Waals surface area contributed by atoms with Crippen LogP contribution in [0.3, 0.4) is 0 Å². The van der Waals surface area contributed by atoms with E-state index in [1.54, 1.807) is 18.2 Å². The number of aryl methyl sites for hydroxylation is 1. The molecule has 0 saturated carbocycles. The van der Waals surface area contributed by atoms with Gasteiger partial charge in [0.25, 0.3) is 5.56 Å². The fourth-order valence-electron chi connectivity index (χ4n) is 2.88. The number of ether oxygens (including phenoxy) is 1. The van der Waals surface area contributed by atoms with Crippen molar-refractivity contribution in [3.05, 3.63) is 70.0 Å². The van der Waals surface area contributed by atoms with Crippen LogP contribution in [0.15, 0.2) is 57.7 Å². The summed E-state index contributed by atoms with van der Waals surface area (Å²) < 4.78 is 10.6. The number of hydrogen-bond acceptors (Lipinski definition) is 6. The molecule has 0 amide bonds. The number of methoxy groups -OCH3 is 1. The molecule has 0 saturated heterocycles. The lowest BCUT2D eigenvalue weighted by atomic mass is 10.1. The third kappa shape index (κ3) is 3.10. The zero-order valence-corrected chi connectivity index (χ0v) is 14.6. The molecule has 0 atom stereocenters. The molecule has 1 N–H and O–H groups in total. The quantitative estimate of drug-likeness (QED) is 0.562. The van der Waals surface area contributed by atoms with Gasteiger partial charge in [-0.1, -0.05) is 12.1 Å². The third-order valence-electron chi connectivity index (χ3n) is 4.19. The molecule has 0 aliphatic rings. The lowest BCUT2D eigenvalue weighted by molar-refractivity contribution is 0.0601. The average Bonchev–Trinajstić information content (AvgIpc) is 3.11. The maximum absolute atomic E-state index is 11.7. The van der Waals surface area contributed by atoms with Crippen LogP contribution in [0.4, 0.5) is 0 Å². The van der Waals surface area contributed by atoms with Crippen LogP contribution in [0.25, 0.3) is 33.8 Å². The molecule has 0 radical (unpaired) electrons. The Kier molecular flexibility index (Phi) is 4.04. The predicted octanol–water partition coefficient (Wildman–Crippen LogP) is 3.34. The highest BCUT2D eigenvalue weighted by Gasteiger charge is 2.13. The Labute approximate surface area is 153 Å². The maximum atomic E-state index is 11.7. The zero-order chi connectivity index (χ0) is 19.0. The Bertz CT molecular complexity index is 1220. The first-order valence-corrected chi connectivity index (χ1v) is 8.21. The molecule has 0 bridgehead atoms. The number of oxazole rings is 1. The van der Waals surface area contributed by atoms with E-state index in [9.17, 15) is 9.59 Å². The van der Waals surface area contributed by atoms with Crippen LogP contribution >= 0.6 is 0 Å². The lowest BCUT2D eigenvalue weighted by Gasteiger charge is -2.02. The number of aromatic nitrogens is 3. The summed E-state index contributed by atoms with van der Waals surface area (Å²) in [5.41, 5.74) is 4.36. The number of H-pyrrole nitrogens is 1. The van der Waals surface area contributed by atoms with Gasteiger partial charge in [-0.15, -0.1) is 0 Å². The molecule has 4 aromatic rings. The molecular formula is C20H15N3O4. The number of nitrogens with zero attached hydrogens (tertiary/aromatic N) is 2. The molecule has 0 spiro atoms. The molecule has 2 aromatic carbocycles. The van der Waals surface area contributed by atoms with Crippen molar-refractivity contribution in [2.24, 2.45) is 0 Å². The van der Waals surface area contributed by atoms with Crippen molar-refractivity contribution >= 4 is 17.1 Å². The van der Waals surface area contributed by atoms with E-state index in [-0.39, 0.29) is 5.56 Å².